The Morgan fingerprint density at radius 1 is 1.43 bits per heavy atom. The lowest BCUT2D eigenvalue weighted by molar-refractivity contribution is 0.220. The topological polar surface area (TPSA) is 33.1 Å². The van der Waals surface area contributed by atoms with Gasteiger partial charge in [0.1, 0.15) is 6.10 Å². The van der Waals surface area contributed by atoms with Gasteiger partial charge in [-0.1, -0.05) is 6.92 Å². The number of rotatable bonds is 3. The van der Waals surface area contributed by atoms with Crippen molar-refractivity contribution in [1.82, 2.24) is 4.37 Å². The van der Waals surface area contributed by atoms with Crippen LogP contribution in [0.3, 0.4) is 0 Å². The monoisotopic (exact) mass is 225 g/mol. The van der Waals surface area contributed by atoms with Crippen molar-refractivity contribution < 1.29 is 5.11 Å². The van der Waals surface area contributed by atoms with Crippen molar-refractivity contribution in [3.8, 4) is 0 Å². The maximum absolute atomic E-state index is 9.94. The van der Waals surface area contributed by atoms with Crippen LogP contribution in [0.25, 0.3) is 0 Å². The van der Waals surface area contributed by atoms with Gasteiger partial charge in [0.15, 0.2) is 0 Å². The first-order chi connectivity index (χ1) is 6.81. The number of hydrogen-bond acceptors (Lipinski definition) is 4. The van der Waals surface area contributed by atoms with Crippen molar-refractivity contribution in [2.45, 2.75) is 19.4 Å². The largest absolute Gasteiger partial charge is 0.381 e. The number of hydrogen-bond donors (Lipinski definition) is 1. The van der Waals surface area contributed by atoms with E-state index >= 15 is 0 Å². The Kier molecular flexibility index (Phi) is 2.96. The number of nitrogens with zero attached hydrogens (tertiary/aromatic N) is 1. The lowest BCUT2D eigenvalue weighted by Crippen LogP contribution is -1.96. The van der Waals surface area contributed by atoms with Gasteiger partial charge in [-0.2, -0.15) is 4.37 Å². The molecule has 0 saturated heterocycles. The first-order valence-electron chi connectivity index (χ1n) is 4.48. The standard InChI is InChI=1S/C10H11NOS2/c1-2-7-3-4-9(14-7)10(12)8-5-6-13-11-8/h3-6,10,12H,2H2,1H3. The van der Waals surface area contributed by atoms with Crippen molar-refractivity contribution in [2.24, 2.45) is 0 Å². The molecule has 74 valence electrons. The molecule has 14 heavy (non-hydrogen) atoms. The molecule has 4 heteroatoms. The van der Waals surface area contributed by atoms with E-state index in [1.54, 1.807) is 11.3 Å². The van der Waals surface area contributed by atoms with E-state index in [1.807, 2.05) is 17.5 Å². The second kappa shape index (κ2) is 4.21. The molecule has 2 aromatic rings. The van der Waals surface area contributed by atoms with Gasteiger partial charge in [-0.25, -0.2) is 0 Å². The molecule has 2 rings (SSSR count). The molecule has 0 aliphatic heterocycles. The Balaban J connectivity index is 2.23. The molecule has 0 radical (unpaired) electrons. The molecule has 2 nitrogen and oxygen atoms in total. The smallest absolute Gasteiger partial charge is 0.131 e. The highest BCUT2D eigenvalue weighted by molar-refractivity contribution is 7.12. The highest BCUT2D eigenvalue weighted by atomic mass is 32.1. The van der Waals surface area contributed by atoms with Crippen molar-refractivity contribution in [3.63, 3.8) is 0 Å². The second-order valence-electron chi connectivity index (χ2n) is 2.98. The molecule has 0 aliphatic carbocycles. The van der Waals surface area contributed by atoms with Gasteiger partial charge in [0.25, 0.3) is 0 Å². The Morgan fingerprint density at radius 3 is 2.86 bits per heavy atom. The third-order valence-electron chi connectivity index (χ3n) is 2.04. The lowest BCUT2D eigenvalue weighted by Gasteiger charge is -2.03. The third-order valence-corrected chi connectivity index (χ3v) is 3.89. The minimum Gasteiger partial charge on any atom is -0.381 e. The van der Waals surface area contributed by atoms with Gasteiger partial charge in [-0.3, -0.25) is 0 Å². The van der Waals surface area contributed by atoms with Crippen molar-refractivity contribution in [1.29, 1.82) is 0 Å². The molecule has 1 N–H and O–H groups in total. The minimum atomic E-state index is -0.549. The SMILES string of the molecule is CCc1ccc(C(O)c2ccsn2)s1. The Labute approximate surface area is 91.0 Å². The summed E-state index contributed by atoms with van der Waals surface area (Å²) in [6, 6.07) is 5.91. The molecular formula is C10H11NOS2. The summed E-state index contributed by atoms with van der Waals surface area (Å²) in [6.07, 6.45) is 0.473. The van der Waals surface area contributed by atoms with E-state index in [1.165, 1.54) is 16.4 Å². The van der Waals surface area contributed by atoms with Crippen LogP contribution in [0.4, 0.5) is 0 Å². The zero-order valence-electron chi connectivity index (χ0n) is 7.80. The molecule has 0 aromatic carbocycles. The third kappa shape index (κ3) is 1.87. The second-order valence-corrected chi connectivity index (χ2v) is 4.85. The van der Waals surface area contributed by atoms with Crippen LogP contribution in [0.15, 0.2) is 23.6 Å². The summed E-state index contributed by atoms with van der Waals surface area (Å²) in [5.74, 6) is 0. The van der Waals surface area contributed by atoms with Crippen LogP contribution < -0.4 is 0 Å². The maximum Gasteiger partial charge on any atom is 0.131 e. The van der Waals surface area contributed by atoms with Crippen LogP contribution in [-0.4, -0.2) is 9.48 Å². The molecule has 0 aliphatic rings. The van der Waals surface area contributed by atoms with Crippen LogP contribution in [0.5, 0.6) is 0 Å². The molecule has 0 fully saturated rings. The summed E-state index contributed by atoms with van der Waals surface area (Å²) in [5.41, 5.74) is 0.750. The zero-order valence-corrected chi connectivity index (χ0v) is 9.44. The lowest BCUT2D eigenvalue weighted by atomic mass is 10.2. The number of aromatic nitrogens is 1. The van der Waals surface area contributed by atoms with Crippen LogP contribution >= 0.6 is 22.9 Å². The first kappa shape index (κ1) is 9.83. The average Bonchev–Trinajstić information content (AvgIpc) is 2.88. The Morgan fingerprint density at radius 2 is 2.29 bits per heavy atom. The van der Waals surface area contributed by atoms with E-state index in [-0.39, 0.29) is 0 Å². The number of aliphatic hydroxyl groups excluding tert-OH is 1. The van der Waals surface area contributed by atoms with E-state index in [0.717, 1.165) is 17.0 Å². The van der Waals surface area contributed by atoms with Crippen LogP contribution in [-0.2, 0) is 6.42 Å². The molecular weight excluding hydrogens is 214 g/mol. The van der Waals surface area contributed by atoms with E-state index in [9.17, 15) is 5.11 Å². The molecule has 0 bridgehead atoms. The Bertz CT molecular complexity index is 394. The van der Waals surface area contributed by atoms with Crippen LogP contribution in [0.2, 0.25) is 0 Å². The van der Waals surface area contributed by atoms with Gasteiger partial charge in [0.2, 0.25) is 0 Å². The van der Waals surface area contributed by atoms with Gasteiger partial charge in [0, 0.05) is 15.1 Å². The molecule has 2 aromatic heterocycles. The highest BCUT2D eigenvalue weighted by Gasteiger charge is 2.14. The fraction of sp³-hybridized carbons (Fsp3) is 0.300. The quantitative estimate of drug-likeness (QED) is 0.871. The fourth-order valence-corrected chi connectivity index (χ4v) is 2.74. The maximum atomic E-state index is 9.94. The minimum absolute atomic E-state index is 0.549. The first-order valence-corrected chi connectivity index (χ1v) is 6.13. The van der Waals surface area contributed by atoms with E-state index in [4.69, 9.17) is 0 Å². The van der Waals surface area contributed by atoms with E-state index in [2.05, 4.69) is 17.4 Å². The molecule has 0 amide bonds. The predicted octanol–water partition coefficient (Wildman–Crippen LogP) is 2.85. The summed E-state index contributed by atoms with van der Waals surface area (Å²) in [7, 11) is 0. The van der Waals surface area contributed by atoms with Gasteiger partial charge in [-0.05, 0) is 36.2 Å². The number of aliphatic hydroxyl groups is 1. The zero-order chi connectivity index (χ0) is 9.97. The van der Waals surface area contributed by atoms with Crippen molar-refractivity contribution >= 4 is 22.9 Å². The fourth-order valence-electron chi connectivity index (χ4n) is 1.24. The normalized spacial score (nSPS) is 13.0. The van der Waals surface area contributed by atoms with Gasteiger partial charge in [0.05, 0.1) is 5.69 Å². The predicted molar refractivity (Wildman–Crippen MR) is 59.9 cm³/mol. The molecule has 2 heterocycles. The summed E-state index contributed by atoms with van der Waals surface area (Å²) in [4.78, 5) is 2.28. The summed E-state index contributed by atoms with van der Waals surface area (Å²) >= 11 is 3.02. The van der Waals surface area contributed by atoms with E-state index in [0.29, 0.717) is 0 Å². The Hall–Kier alpha value is -0.710. The average molecular weight is 225 g/mol. The number of thiophene rings is 1. The van der Waals surface area contributed by atoms with Crippen LogP contribution in [0, 0.1) is 0 Å². The summed E-state index contributed by atoms with van der Waals surface area (Å²) in [6.45, 7) is 2.12. The summed E-state index contributed by atoms with van der Waals surface area (Å²) < 4.78 is 4.13. The van der Waals surface area contributed by atoms with Gasteiger partial charge in [-0.15, -0.1) is 11.3 Å². The highest BCUT2D eigenvalue weighted by Crippen LogP contribution is 2.28. The van der Waals surface area contributed by atoms with Crippen molar-refractivity contribution in [3.05, 3.63) is 39.0 Å². The van der Waals surface area contributed by atoms with Crippen LogP contribution in [0.1, 0.15) is 28.5 Å². The molecule has 1 atom stereocenters. The van der Waals surface area contributed by atoms with Crippen molar-refractivity contribution in [2.75, 3.05) is 0 Å². The van der Waals surface area contributed by atoms with Gasteiger partial charge >= 0.3 is 0 Å². The molecule has 0 saturated carbocycles. The number of aryl methyl sites for hydroxylation is 1. The summed E-state index contributed by atoms with van der Waals surface area (Å²) in [5, 5.41) is 11.8. The van der Waals surface area contributed by atoms with Gasteiger partial charge < -0.3 is 5.11 Å². The molecule has 1 unspecified atom stereocenters. The molecule has 0 spiro atoms. The van der Waals surface area contributed by atoms with E-state index < -0.39 is 6.10 Å².